The molecule has 0 atom stereocenters. The predicted octanol–water partition coefficient (Wildman–Crippen LogP) is 1.59. The molecule has 1 aromatic rings. The first kappa shape index (κ1) is 15.1. The van der Waals surface area contributed by atoms with Gasteiger partial charge in [-0.05, 0) is 18.9 Å². The van der Waals surface area contributed by atoms with Gasteiger partial charge in [-0.3, -0.25) is 10.1 Å². The number of nitrogens with one attached hydrogen (secondary N) is 2. The second kappa shape index (κ2) is 7.47. The summed E-state index contributed by atoms with van der Waals surface area (Å²) >= 11 is 0. The molecule has 2 N–H and O–H groups in total. The van der Waals surface area contributed by atoms with E-state index >= 15 is 0 Å². The quantitative estimate of drug-likeness (QED) is 0.822. The summed E-state index contributed by atoms with van der Waals surface area (Å²) in [6.07, 6.45) is 7.75. The van der Waals surface area contributed by atoms with Crippen LogP contribution in [-0.4, -0.2) is 30.6 Å². The average molecular weight is 294 g/mol. The molecule has 0 bridgehead atoms. The van der Waals surface area contributed by atoms with Crippen LogP contribution >= 0.6 is 0 Å². The van der Waals surface area contributed by atoms with Crippen molar-refractivity contribution in [2.75, 3.05) is 6.61 Å². The van der Waals surface area contributed by atoms with Gasteiger partial charge in [0.25, 0.3) is 5.91 Å². The number of urea groups is 1. The van der Waals surface area contributed by atoms with Gasteiger partial charge >= 0.3 is 12.0 Å². The SMILES string of the molecule is O=C(COC(=O)c1ccoc1)NC(=O)NC1CCCCC1. The molecule has 0 unspecified atom stereocenters. The molecule has 1 heterocycles. The Morgan fingerprint density at radius 2 is 2.00 bits per heavy atom. The van der Waals surface area contributed by atoms with Crippen molar-refractivity contribution in [1.82, 2.24) is 10.6 Å². The summed E-state index contributed by atoms with van der Waals surface area (Å²) in [7, 11) is 0. The number of imide groups is 1. The van der Waals surface area contributed by atoms with E-state index in [-0.39, 0.29) is 11.6 Å². The fourth-order valence-electron chi connectivity index (χ4n) is 2.23. The molecular weight excluding hydrogens is 276 g/mol. The second-order valence-corrected chi connectivity index (χ2v) is 4.94. The number of furan rings is 1. The maximum absolute atomic E-state index is 11.6. The summed E-state index contributed by atoms with van der Waals surface area (Å²) in [5, 5.41) is 4.88. The number of hydrogen-bond acceptors (Lipinski definition) is 5. The highest BCUT2D eigenvalue weighted by atomic mass is 16.5. The lowest BCUT2D eigenvalue weighted by Gasteiger charge is -2.22. The normalized spacial score (nSPS) is 15.2. The van der Waals surface area contributed by atoms with Crippen LogP contribution in [0.4, 0.5) is 4.79 Å². The van der Waals surface area contributed by atoms with Gasteiger partial charge in [0.2, 0.25) is 0 Å². The van der Waals surface area contributed by atoms with Gasteiger partial charge in [-0.25, -0.2) is 9.59 Å². The van der Waals surface area contributed by atoms with Crippen LogP contribution in [-0.2, 0) is 9.53 Å². The van der Waals surface area contributed by atoms with E-state index < -0.39 is 24.5 Å². The van der Waals surface area contributed by atoms with Crippen LogP contribution in [0.5, 0.6) is 0 Å². The zero-order chi connectivity index (χ0) is 15.1. The molecule has 21 heavy (non-hydrogen) atoms. The van der Waals surface area contributed by atoms with E-state index in [0.717, 1.165) is 25.7 Å². The third-order valence-corrected chi connectivity index (χ3v) is 3.28. The highest BCUT2D eigenvalue weighted by molar-refractivity contribution is 5.96. The molecule has 1 saturated carbocycles. The molecule has 0 saturated heterocycles. The van der Waals surface area contributed by atoms with Crippen molar-refractivity contribution in [1.29, 1.82) is 0 Å². The number of rotatable bonds is 4. The zero-order valence-electron chi connectivity index (χ0n) is 11.6. The van der Waals surface area contributed by atoms with Gasteiger partial charge in [-0.2, -0.15) is 0 Å². The van der Waals surface area contributed by atoms with E-state index in [1.54, 1.807) is 0 Å². The third kappa shape index (κ3) is 4.94. The molecule has 1 aliphatic rings. The maximum Gasteiger partial charge on any atom is 0.341 e. The molecule has 0 aliphatic heterocycles. The fraction of sp³-hybridized carbons (Fsp3) is 0.500. The van der Waals surface area contributed by atoms with E-state index in [1.807, 2.05) is 0 Å². The Bertz CT molecular complexity index is 491. The van der Waals surface area contributed by atoms with Gasteiger partial charge in [-0.1, -0.05) is 19.3 Å². The minimum atomic E-state index is -0.674. The number of ether oxygens (including phenoxy) is 1. The lowest BCUT2D eigenvalue weighted by molar-refractivity contribution is -0.123. The molecule has 3 amide bonds. The Morgan fingerprint density at radius 1 is 1.24 bits per heavy atom. The van der Waals surface area contributed by atoms with E-state index in [2.05, 4.69) is 10.6 Å². The van der Waals surface area contributed by atoms with Gasteiger partial charge in [-0.15, -0.1) is 0 Å². The Kier molecular flexibility index (Phi) is 5.36. The number of esters is 1. The minimum absolute atomic E-state index is 0.111. The number of hydrogen-bond donors (Lipinski definition) is 2. The summed E-state index contributed by atoms with van der Waals surface area (Å²) in [4.78, 5) is 34.5. The third-order valence-electron chi connectivity index (χ3n) is 3.28. The van der Waals surface area contributed by atoms with Crippen molar-refractivity contribution in [2.24, 2.45) is 0 Å². The summed E-state index contributed by atoms with van der Waals surface area (Å²) in [6.45, 7) is -0.512. The first-order chi connectivity index (χ1) is 10.1. The highest BCUT2D eigenvalue weighted by Crippen LogP contribution is 2.17. The number of amides is 3. The first-order valence-electron chi connectivity index (χ1n) is 6.95. The smallest absolute Gasteiger partial charge is 0.341 e. The van der Waals surface area contributed by atoms with Crippen molar-refractivity contribution in [3.63, 3.8) is 0 Å². The average Bonchev–Trinajstić information content (AvgIpc) is 3.00. The maximum atomic E-state index is 11.6. The topological polar surface area (TPSA) is 97.6 Å². The Labute approximate surface area is 122 Å². The van der Waals surface area contributed by atoms with Crippen LogP contribution in [0.2, 0.25) is 0 Å². The molecular formula is C14H18N2O5. The minimum Gasteiger partial charge on any atom is -0.472 e. The van der Waals surface area contributed by atoms with Gasteiger partial charge in [0.05, 0.1) is 11.8 Å². The van der Waals surface area contributed by atoms with Gasteiger partial charge in [0.1, 0.15) is 6.26 Å². The van der Waals surface area contributed by atoms with E-state index in [0.29, 0.717) is 0 Å². The van der Waals surface area contributed by atoms with Crippen molar-refractivity contribution in [3.05, 3.63) is 24.2 Å². The van der Waals surface area contributed by atoms with Crippen molar-refractivity contribution in [2.45, 2.75) is 38.1 Å². The highest BCUT2D eigenvalue weighted by Gasteiger charge is 2.17. The lowest BCUT2D eigenvalue weighted by Crippen LogP contribution is -2.46. The molecule has 1 aliphatic carbocycles. The van der Waals surface area contributed by atoms with Crippen LogP contribution in [0.25, 0.3) is 0 Å². The lowest BCUT2D eigenvalue weighted by atomic mass is 9.96. The molecule has 1 aromatic heterocycles. The van der Waals surface area contributed by atoms with Crippen molar-refractivity contribution < 1.29 is 23.5 Å². The molecule has 114 valence electrons. The van der Waals surface area contributed by atoms with Gasteiger partial charge in [0, 0.05) is 6.04 Å². The molecule has 7 heteroatoms. The van der Waals surface area contributed by atoms with E-state index in [9.17, 15) is 14.4 Å². The fourth-order valence-corrected chi connectivity index (χ4v) is 2.23. The van der Waals surface area contributed by atoms with E-state index in [1.165, 1.54) is 25.0 Å². The largest absolute Gasteiger partial charge is 0.472 e. The molecule has 0 aromatic carbocycles. The van der Waals surface area contributed by atoms with Crippen molar-refractivity contribution >= 4 is 17.9 Å². The molecule has 1 fully saturated rings. The van der Waals surface area contributed by atoms with Crippen LogP contribution in [0.1, 0.15) is 42.5 Å². The molecule has 2 rings (SSSR count). The second-order valence-electron chi connectivity index (χ2n) is 4.94. The number of carbonyl (C=O) groups is 3. The van der Waals surface area contributed by atoms with Gasteiger partial charge in [0.15, 0.2) is 6.61 Å². The van der Waals surface area contributed by atoms with Crippen LogP contribution in [0.3, 0.4) is 0 Å². The summed E-state index contributed by atoms with van der Waals surface area (Å²) < 4.78 is 9.47. The predicted molar refractivity (Wildman–Crippen MR) is 72.5 cm³/mol. The summed E-state index contributed by atoms with van der Waals surface area (Å²) in [5.41, 5.74) is 0.217. The molecule has 0 spiro atoms. The summed E-state index contributed by atoms with van der Waals surface area (Å²) in [6, 6.07) is 0.988. The molecule has 7 nitrogen and oxygen atoms in total. The van der Waals surface area contributed by atoms with Crippen LogP contribution in [0.15, 0.2) is 23.0 Å². The van der Waals surface area contributed by atoms with Crippen LogP contribution in [0, 0.1) is 0 Å². The standard InChI is InChI=1S/C14H18N2O5/c17-12(9-21-13(18)10-6-7-20-8-10)16-14(19)15-11-4-2-1-3-5-11/h6-8,11H,1-5,9H2,(H2,15,16,17,19). The Hall–Kier alpha value is -2.31. The van der Waals surface area contributed by atoms with Crippen LogP contribution < -0.4 is 10.6 Å². The first-order valence-corrected chi connectivity index (χ1v) is 6.95. The van der Waals surface area contributed by atoms with E-state index in [4.69, 9.17) is 9.15 Å². The van der Waals surface area contributed by atoms with Crippen molar-refractivity contribution in [3.8, 4) is 0 Å². The zero-order valence-corrected chi connectivity index (χ0v) is 11.6. The monoisotopic (exact) mass is 294 g/mol. The van der Waals surface area contributed by atoms with Gasteiger partial charge < -0.3 is 14.5 Å². The Balaban J connectivity index is 1.66. The summed E-state index contributed by atoms with van der Waals surface area (Å²) in [5.74, 6) is -1.34. The molecule has 0 radical (unpaired) electrons. The Morgan fingerprint density at radius 3 is 2.67 bits per heavy atom. The number of carbonyl (C=O) groups excluding carboxylic acids is 3.